The van der Waals surface area contributed by atoms with E-state index in [1.807, 2.05) is 54.6 Å². The lowest BCUT2D eigenvalue weighted by molar-refractivity contribution is -0.131. The second-order valence-corrected chi connectivity index (χ2v) is 7.81. The first-order valence-corrected chi connectivity index (χ1v) is 9.64. The van der Waals surface area contributed by atoms with Gasteiger partial charge in [-0.2, -0.15) is 0 Å². The molecule has 0 fully saturated rings. The summed E-state index contributed by atoms with van der Waals surface area (Å²) < 4.78 is 11.9. The second-order valence-electron chi connectivity index (χ2n) is 7.81. The van der Waals surface area contributed by atoms with Gasteiger partial charge in [-0.05, 0) is 40.0 Å². The molecule has 0 aliphatic rings. The Kier molecular flexibility index (Phi) is 6.23. The zero-order chi connectivity index (χ0) is 20.9. The highest BCUT2D eigenvalue weighted by molar-refractivity contribution is 5.96. The van der Waals surface area contributed by atoms with E-state index in [1.54, 1.807) is 6.08 Å². The molecule has 0 spiro atoms. The van der Waals surface area contributed by atoms with Gasteiger partial charge in [-0.3, -0.25) is 0 Å². The zero-order valence-corrected chi connectivity index (χ0v) is 17.0. The van der Waals surface area contributed by atoms with Crippen LogP contribution in [0.1, 0.15) is 31.9 Å². The standard InChI is InChI=1S/C25H26O4/c1-25(2,3)21-10-6-7-11-23(21)29-17-16-28-22-14-12-18-8-4-5-9-19(18)20(22)13-15-24(26)27/h4-15H,16-17H2,1-3H3,(H,26,27). The molecule has 3 rings (SSSR count). The number of ether oxygens (including phenoxy) is 2. The van der Waals surface area contributed by atoms with Crippen LogP contribution < -0.4 is 9.47 Å². The molecule has 0 atom stereocenters. The number of carboxylic acids is 1. The fourth-order valence-electron chi connectivity index (χ4n) is 3.24. The highest BCUT2D eigenvalue weighted by atomic mass is 16.5. The van der Waals surface area contributed by atoms with Gasteiger partial charge in [-0.15, -0.1) is 0 Å². The zero-order valence-electron chi connectivity index (χ0n) is 17.0. The lowest BCUT2D eigenvalue weighted by Gasteiger charge is -2.22. The predicted molar refractivity (Wildman–Crippen MR) is 117 cm³/mol. The summed E-state index contributed by atoms with van der Waals surface area (Å²) in [6.07, 6.45) is 2.71. The maximum absolute atomic E-state index is 11.0. The Morgan fingerprint density at radius 2 is 1.55 bits per heavy atom. The van der Waals surface area contributed by atoms with E-state index in [0.717, 1.165) is 33.7 Å². The molecule has 29 heavy (non-hydrogen) atoms. The first-order chi connectivity index (χ1) is 13.9. The molecular weight excluding hydrogens is 364 g/mol. The van der Waals surface area contributed by atoms with E-state index >= 15 is 0 Å². The molecule has 0 radical (unpaired) electrons. The van der Waals surface area contributed by atoms with Crippen molar-refractivity contribution < 1.29 is 19.4 Å². The third kappa shape index (κ3) is 5.17. The molecule has 0 saturated carbocycles. The van der Waals surface area contributed by atoms with Crippen LogP contribution in [0.4, 0.5) is 0 Å². The quantitative estimate of drug-likeness (QED) is 0.416. The van der Waals surface area contributed by atoms with Crippen LogP contribution >= 0.6 is 0 Å². The van der Waals surface area contributed by atoms with Crippen LogP contribution in [0.2, 0.25) is 0 Å². The van der Waals surface area contributed by atoms with Crippen LogP contribution in [0.25, 0.3) is 16.8 Å². The maximum atomic E-state index is 11.0. The summed E-state index contributed by atoms with van der Waals surface area (Å²) >= 11 is 0. The van der Waals surface area contributed by atoms with Gasteiger partial charge in [0.05, 0.1) is 0 Å². The predicted octanol–water partition coefficient (Wildman–Crippen LogP) is 5.69. The van der Waals surface area contributed by atoms with Crippen LogP contribution in [0, 0.1) is 0 Å². The molecule has 0 saturated heterocycles. The minimum absolute atomic E-state index is 0.00933. The van der Waals surface area contributed by atoms with E-state index in [1.165, 1.54) is 0 Å². The summed E-state index contributed by atoms with van der Waals surface area (Å²) in [5.74, 6) is 0.494. The average Bonchev–Trinajstić information content (AvgIpc) is 2.69. The summed E-state index contributed by atoms with van der Waals surface area (Å²) in [5.41, 5.74) is 1.89. The Hall–Kier alpha value is -3.27. The summed E-state index contributed by atoms with van der Waals surface area (Å²) in [5, 5.41) is 11.0. The Labute approximate surface area is 171 Å². The number of aliphatic carboxylic acids is 1. The fraction of sp³-hybridized carbons (Fsp3) is 0.240. The fourth-order valence-corrected chi connectivity index (χ4v) is 3.24. The van der Waals surface area contributed by atoms with Gasteiger partial charge in [0.25, 0.3) is 0 Å². The van der Waals surface area contributed by atoms with Gasteiger partial charge in [0, 0.05) is 11.6 Å². The van der Waals surface area contributed by atoms with E-state index < -0.39 is 5.97 Å². The van der Waals surface area contributed by atoms with Crippen molar-refractivity contribution in [2.45, 2.75) is 26.2 Å². The molecule has 0 amide bonds. The highest BCUT2D eigenvalue weighted by Crippen LogP contribution is 2.31. The number of hydrogen-bond donors (Lipinski definition) is 1. The smallest absolute Gasteiger partial charge is 0.328 e. The van der Waals surface area contributed by atoms with Crippen LogP contribution in [0.15, 0.2) is 66.7 Å². The molecule has 0 bridgehead atoms. The van der Waals surface area contributed by atoms with Crippen LogP contribution in [0.5, 0.6) is 11.5 Å². The molecule has 1 N–H and O–H groups in total. The molecule has 0 aliphatic heterocycles. The first-order valence-electron chi connectivity index (χ1n) is 9.64. The van der Waals surface area contributed by atoms with Crippen molar-refractivity contribution in [2.75, 3.05) is 13.2 Å². The Morgan fingerprint density at radius 1 is 0.897 bits per heavy atom. The van der Waals surface area contributed by atoms with E-state index in [-0.39, 0.29) is 5.41 Å². The van der Waals surface area contributed by atoms with Crippen LogP contribution in [-0.4, -0.2) is 24.3 Å². The van der Waals surface area contributed by atoms with Crippen molar-refractivity contribution in [3.05, 3.63) is 77.9 Å². The van der Waals surface area contributed by atoms with Crippen molar-refractivity contribution in [3.63, 3.8) is 0 Å². The van der Waals surface area contributed by atoms with Crippen LogP contribution in [-0.2, 0) is 10.2 Å². The highest BCUT2D eigenvalue weighted by Gasteiger charge is 2.18. The van der Waals surface area contributed by atoms with Gasteiger partial charge in [-0.1, -0.05) is 69.3 Å². The van der Waals surface area contributed by atoms with Crippen LogP contribution in [0.3, 0.4) is 0 Å². The van der Waals surface area contributed by atoms with Crippen molar-refractivity contribution in [2.24, 2.45) is 0 Å². The number of rotatable bonds is 7. The monoisotopic (exact) mass is 390 g/mol. The van der Waals surface area contributed by atoms with Gasteiger partial charge in [-0.25, -0.2) is 4.79 Å². The van der Waals surface area contributed by atoms with Gasteiger partial charge in [0.2, 0.25) is 0 Å². The summed E-state index contributed by atoms with van der Waals surface area (Å²) in [6.45, 7) is 7.21. The molecule has 4 heteroatoms. The van der Waals surface area contributed by atoms with Crippen molar-refractivity contribution in [1.82, 2.24) is 0 Å². The van der Waals surface area contributed by atoms with Crippen molar-refractivity contribution in [1.29, 1.82) is 0 Å². The Bertz CT molecular complexity index is 1030. The van der Waals surface area contributed by atoms with Gasteiger partial charge >= 0.3 is 5.97 Å². The number of fused-ring (bicyclic) bond motifs is 1. The topological polar surface area (TPSA) is 55.8 Å². The minimum atomic E-state index is -0.994. The van der Waals surface area contributed by atoms with Gasteiger partial charge in [0.15, 0.2) is 0 Å². The van der Waals surface area contributed by atoms with E-state index in [2.05, 4.69) is 26.8 Å². The molecule has 0 unspecified atom stereocenters. The molecule has 3 aromatic carbocycles. The number of carboxylic acid groups (broad SMARTS) is 1. The number of para-hydroxylation sites is 1. The summed E-state index contributed by atoms with van der Waals surface area (Å²) in [4.78, 5) is 11.0. The van der Waals surface area contributed by atoms with E-state index in [4.69, 9.17) is 14.6 Å². The minimum Gasteiger partial charge on any atom is -0.490 e. The molecular formula is C25H26O4. The summed E-state index contributed by atoms with van der Waals surface area (Å²) in [7, 11) is 0. The lowest BCUT2D eigenvalue weighted by atomic mass is 9.86. The van der Waals surface area contributed by atoms with E-state index in [9.17, 15) is 4.79 Å². The molecule has 3 aromatic rings. The summed E-state index contributed by atoms with van der Waals surface area (Å²) in [6, 6.07) is 19.7. The van der Waals surface area contributed by atoms with Crippen molar-refractivity contribution in [3.8, 4) is 11.5 Å². The van der Waals surface area contributed by atoms with Gasteiger partial charge < -0.3 is 14.6 Å². The molecule has 150 valence electrons. The number of carbonyl (C=O) groups is 1. The molecule has 0 aromatic heterocycles. The lowest BCUT2D eigenvalue weighted by Crippen LogP contribution is -2.16. The molecule has 0 heterocycles. The first kappa shape index (κ1) is 20.5. The Balaban J connectivity index is 1.75. The number of hydrogen-bond acceptors (Lipinski definition) is 3. The SMILES string of the molecule is CC(C)(C)c1ccccc1OCCOc1ccc2ccccc2c1C=CC(=O)O. The maximum Gasteiger partial charge on any atom is 0.328 e. The average molecular weight is 390 g/mol. The third-order valence-corrected chi connectivity index (χ3v) is 4.62. The Morgan fingerprint density at radius 3 is 2.28 bits per heavy atom. The largest absolute Gasteiger partial charge is 0.490 e. The molecule has 4 nitrogen and oxygen atoms in total. The van der Waals surface area contributed by atoms with Gasteiger partial charge in [0.1, 0.15) is 24.7 Å². The molecule has 0 aliphatic carbocycles. The third-order valence-electron chi connectivity index (χ3n) is 4.62. The number of benzene rings is 3. The second kappa shape index (κ2) is 8.82. The van der Waals surface area contributed by atoms with E-state index in [0.29, 0.717) is 19.0 Å². The normalized spacial score (nSPS) is 11.7. The van der Waals surface area contributed by atoms with Crippen molar-refractivity contribution >= 4 is 22.8 Å².